The van der Waals surface area contributed by atoms with Crippen molar-refractivity contribution in [2.45, 2.75) is 40.0 Å². The predicted molar refractivity (Wildman–Crippen MR) is 76.1 cm³/mol. The number of hydrogen-bond donors (Lipinski definition) is 1. The van der Waals surface area contributed by atoms with Gasteiger partial charge in [0.1, 0.15) is 0 Å². The third-order valence-electron chi connectivity index (χ3n) is 3.38. The van der Waals surface area contributed by atoms with Crippen LogP contribution in [0.1, 0.15) is 40.0 Å². The number of rotatable bonds is 5. The highest BCUT2D eigenvalue weighted by Gasteiger charge is 2.31. The lowest BCUT2D eigenvalue weighted by atomic mass is 9.95. The molecule has 18 heavy (non-hydrogen) atoms. The molecule has 1 heterocycles. The molecule has 1 rings (SSSR count). The van der Waals surface area contributed by atoms with Crippen LogP contribution in [0.3, 0.4) is 0 Å². The van der Waals surface area contributed by atoms with Crippen LogP contribution in [0.2, 0.25) is 0 Å². The maximum absolute atomic E-state index is 12.2. The Bertz CT molecular complexity index is 338. The summed E-state index contributed by atoms with van der Waals surface area (Å²) in [4.78, 5) is 0. The van der Waals surface area contributed by atoms with Crippen LogP contribution in [-0.2, 0) is 10.0 Å². The number of sulfonamides is 1. The van der Waals surface area contributed by atoms with Crippen molar-refractivity contribution in [2.24, 2.45) is 11.3 Å². The van der Waals surface area contributed by atoms with Gasteiger partial charge < -0.3 is 5.32 Å². The van der Waals surface area contributed by atoms with Gasteiger partial charge in [0.25, 0.3) is 0 Å². The summed E-state index contributed by atoms with van der Waals surface area (Å²) in [6.45, 7) is 8.36. The minimum Gasteiger partial charge on any atom is -0.320 e. The number of piperidine rings is 1. The first-order valence-corrected chi connectivity index (χ1v) is 8.48. The lowest BCUT2D eigenvalue weighted by Crippen LogP contribution is -2.42. The zero-order chi connectivity index (χ0) is 13.8. The van der Waals surface area contributed by atoms with E-state index in [-0.39, 0.29) is 11.2 Å². The van der Waals surface area contributed by atoms with Crippen molar-refractivity contribution in [3.8, 4) is 0 Å². The smallest absolute Gasteiger partial charge is 0.214 e. The molecule has 1 aliphatic rings. The second kappa shape index (κ2) is 6.35. The minimum absolute atomic E-state index is 0.165. The van der Waals surface area contributed by atoms with Gasteiger partial charge in [0, 0.05) is 13.1 Å². The topological polar surface area (TPSA) is 49.4 Å². The molecule has 0 radical (unpaired) electrons. The standard InChI is InChI=1S/C13H28N2O2S/c1-13(2,3)11-18(16,17)15-9-6-12(7-10-15)5-8-14-4/h12,14H,5-11H2,1-4H3. The summed E-state index contributed by atoms with van der Waals surface area (Å²) in [6.07, 6.45) is 3.17. The molecule has 0 spiro atoms. The molecule has 1 aliphatic heterocycles. The van der Waals surface area contributed by atoms with Gasteiger partial charge in [-0.25, -0.2) is 12.7 Å². The molecule has 1 saturated heterocycles. The first-order valence-electron chi connectivity index (χ1n) is 6.87. The molecule has 0 aromatic carbocycles. The highest BCUT2D eigenvalue weighted by Crippen LogP contribution is 2.25. The van der Waals surface area contributed by atoms with E-state index in [1.165, 1.54) is 0 Å². The molecule has 0 bridgehead atoms. The molecule has 0 unspecified atom stereocenters. The van der Waals surface area contributed by atoms with E-state index in [0.717, 1.165) is 25.8 Å². The molecule has 0 aliphatic carbocycles. The molecule has 0 aromatic heterocycles. The van der Waals surface area contributed by atoms with E-state index >= 15 is 0 Å². The van der Waals surface area contributed by atoms with Crippen molar-refractivity contribution in [1.29, 1.82) is 0 Å². The lowest BCUT2D eigenvalue weighted by molar-refractivity contribution is 0.260. The number of nitrogens with zero attached hydrogens (tertiary/aromatic N) is 1. The fourth-order valence-corrected chi connectivity index (χ4v) is 4.51. The fourth-order valence-electron chi connectivity index (χ4n) is 2.46. The Hall–Kier alpha value is -0.130. The van der Waals surface area contributed by atoms with Gasteiger partial charge in [-0.05, 0) is 44.2 Å². The molecule has 5 heteroatoms. The second-order valence-corrected chi connectivity index (χ2v) is 8.52. The van der Waals surface area contributed by atoms with Crippen LogP contribution >= 0.6 is 0 Å². The fraction of sp³-hybridized carbons (Fsp3) is 1.00. The Labute approximate surface area is 112 Å². The average Bonchev–Trinajstić information content (AvgIpc) is 2.23. The third-order valence-corrected chi connectivity index (χ3v) is 5.77. The largest absolute Gasteiger partial charge is 0.320 e. The normalized spacial score (nSPS) is 20.2. The van der Waals surface area contributed by atoms with Gasteiger partial charge in [-0.15, -0.1) is 0 Å². The summed E-state index contributed by atoms with van der Waals surface area (Å²) in [7, 11) is -1.11. The van der Waals surface area contributed by atoms with Crippen LogP contribution in [-0.4, -0.2) is 45.2 Å². The van der Waals surface area contributed by atoms with Gasteiger partial charge in [0.05, 0.1) is 5.75 Å². The van der Waals surface area contributed by atoms with Gasteiger partial charge in [-0.1, -0.05) is 20.8 Å². The Morgan fingerprint density at radius 1 is 1.22 bits per heavy atom. The van der Waals surface area contributed by atoms with Crippen molar-refractivity contribution >= 4 is 10.0 Å². The van der Waals surface area contributed by atoms with E-state index in [9.17, 15) is 8.42 Å². The van der Waals surface area contributed by atoms with E-state index in [0.29, 0.717) is 19.0 Å². The number of hydrogen-bond acceptors (Lipinski definition) is 3. The van der Waals surface area contributed by atoms with E-state index < -0.39 is 10.0 Å². The molecular weight excluding hydrogens is 248 g/mol. The molecule has 4 nitrogen and oxygen atoms in total. The van der Waals surface area contributed by atoms with E-state index in [4.69, 9.17) is 0 Å². The zero-order valence-corrected chi connectivity index (χ0v) is 13.0. The van der Waals surface area contributed by atoms with Crippen LogP contribution in [0.15, 0.2) is 0 Å². The van der Waals surface area contributed by atoms with Crippen LogP contribution < -0.4 is 5.32 Å². The van der Waals surface area contributed by atoms with E-state index in [1.807, 2.05) is 27.8 Å². The van der Waals surface area contributed by atoms with E-state index in [2.05, 4.69) is 5.32 Å². The summed E-state index contributed by atoms with van der Waals surface area (Å²) in [5.74, 6) is 0.930. The van der Waals surface area contributed by atoms with Crippen molar-refractivity contribution in [1.82, 2.24) is 9.62 Å². The Morgan fingerprint density at radius 2 is 1.78 bits per heavy atom. The first-order chi connectivity index (χ1) is 8.24. The van der Waals surface area contributed by atoms with E-state index in [1.54, 1.807) is 4.31 Å². The molecule has 1 N–H and O–H groups in total. The van der Waals surface area contributed by atoms with Gasteiger partial charge in [0.15, 0.2) is 0 Å². The van der Waals surface area contributed by atoms with Crippen LogP contribution in [0.4, 0.5) is 0 Å². The SMILES string of the molecule is CNCCC1CCN(S(=O)(=O)CC(C)(C)C)CC1. The van der Waals surface area contributed by atoms with Crippen molar-refractivity contribution in [3.63, 3.8) is 0 Å². The third kappa shape index (κ3) is 5.24. The van der Waals surface area contributed by atoms with Gasteiger partial charge >= 0.3 is 0 Å². The van der Waals surface area contributed by atoms with Crippen LogP contribution in [0, 0.1) is 11.3 Å². The molecule has 0 aromatic rings. The summed E-state index contributed by atoms with van der Waals surface area (Å²) in [5, 5.41) is 3.16. The maximum Gasteiger partial charge on any atom is 0.214 e. The molecule has 0 amide bonds. The quantitative estimate of drug-likeness (QED) is 0.831. The monoisotopic (exact) mass is 276 g/mol. The predicted octanol–water partition coefficient (Wildman–Crippen LogP) is 1.68. The first kappa shape index (κ1) is 15.9. The summed E-state index contributed by atoms with van der Waals surface area (Å²) >= 11 is 0. The molecule has 0 saturated carbocycles. The second-order valence-electron chi connectivity index (χ2n) is 6.55. The highest BCUT2D eigenvalue weighted by atomic mass is 32.2. The van der Waals surface area contributed by atoms with Crippen LogP contribution in [0.5, 0.6) is 0 Å². The van der Waals surface area contributed by atoms with Gasteiger partial charge in [-0.2, -0.15) is 0 Å². The van der Waals surface area contributed by atoms with Crippen molar-refractivity contribution < 1.29 is 8.42 Å². The Balaban J connectivity index is 2.47. The number of nitrogens with one attached hydrogen (secondary N) is 1. The summed E-state index contributed by atoms with van der Waals surface area (Å²) in [5.41, 5.74) is -0.165. The maximum atomic E-state index is 12.2. The van der Waals surface area contributed by atoms with Gasteiger partial charge in [0.2, 0.25) is 10.0 Å². The summed E-state index contributed by atoms with van der Waals surface area (Å²) < 4.78 is 26.2. The highest BCUT2D eigenvalue weighted by molar-refractivity contribution is 7.89. The molecule has 108 valence electrons. The van der Waals surface area contributed by atoms with Crippen molar-refractivity contribution in [2.75, 3.05) is 32.4 Å². The lowest BCUT2D eigenvalue weighted by Gasteiger charge is -2.33. The van der Waals surface area contributed by atoms with Crippen molar-refractivity contribution in [3.05, 3.63) is 0 Å². The molecule has 1 fully saturated rings. The summed E-state index contributed by atoms with van der Waals surface area (Å²) in [6, 6.07) is 0. The minimum atomic E-state index is -3.07. The van der Waals surface area contributed by atoms with Gasteiger partial charge in [-0.3, -0.25) is 0 Å². The molecule has 0 atom stereocenters. The molecular formula is C13H28N2O2S. The Morgan fingerprint density at radius 3 is 2.22 bits per heavy atom. The van der Waals surface area contributed by atoms with Crippen LogP contribution in [0.25, 0.3) is 0 Å². The zero-order valence-electron chi connectivity index (χ0n) is 12.2. The average molecular weight is 276 g/mol. The Kier molecular flexibility index (Phi) is 5.62.